The molecular weight excluding hydrogens is 270 g/mol. The number of aromatic nitrogens is 4. The summed E-state index contributed by atoms with van der Waals surface area (Å²) in [5.74, 6) is 1.34. The molecule has 0 amide bonds. The average Bonchev–Trinajstić information content (AvgIpc) is 2.89. The highest BCUT2D eigenvalue weighted by atomic mass is 16.2. The number of piperazine rings is 1. The van der Waals surface area contributed by atoms with Crippen molar-refractivity contribution in [1.29, 1.82) is 0 Å². The van der Waals surface area contributed by atoms with Crippen LogP contribution in [0.4, 0.5) is 5.82 Å². The molecule has 2 aromatic heterocycles. The molecule has 21 heavy (non-hydrogen) atoms. The maximum atomic E-state index is 11.6. The molecule has 1 aliphatic heterocycles. The highest BCUT2D eigenvalue weighted by Crippen LogP contribution is 2.14. The molecule has 1 fully saturated rings. The third kappa shape index (κ3) is 2.91. The first-order valence-electron chi connectivity index (χ1n) is 7.29. The fraction of sp³-hybridized carbons (Fsp3) is 0.615. The quantitative estimate of drug-likeness (QED) is 0.760. The Bertz CT molecular complexity index is 656. The van der Waals surface area contributed by atoms with E-state index in [0.717, 1.165) is 45.1 Å². The number of rotatable bonds is 4. The van der Waals surface area contributed by atoms with E-state index in [1.807, 2.05) is 12.1 Å². The van der Waals surface area contributed by atoms with Crippen molar-refractivity contribution < 1.29 is 0 Å². The Morgan fingerprint density at radius 3 is 2.81 bits per heavy atom. The largest absolute Gasteiger partial charge is 0.364 e. The van der Waals surface area contributed by atoms with Gasteiger partial charge in [-0.05, 0) is 24.6 Å². The van der Waals surface area contributed by atoms with Crippen LogP contribution >= 0.6 is 0 Å². The Balaban J connectivity index is 1.68. The van der Waals surface area contributed by atoms with Gasteiger partial charge >= 0.3 is 5.69 Å². The smallest absolute Gasteiger partial charge is 0.353 e. The first-order chi connectivity index (χ1) is 10.2. The Hall–Kier alpha value is -1.93. The lowest BCUT2D eigenvalue weighted by atomic mass is 10.1. The molecule has 0 saturated carbocycles. The second-order valence-corrected chi connectivity index (χ2v) is 5.62. The van der Waals surface area contributed by atoms with Crippen molar-refractivity contribution in [2.24, 2.45) is 11.7 Å². The van der Waals surface area contributed by atoms with E-state index in [-0.39, 0.29) is 5.69 Å². The van der Waals surface area contributed by atoms with Gasteiger partial charge in [-0.25, -0.2) is 9.89 Å². The predicted octanol–water partition coefficient (Wildman–Crippen LogP) is -0.866. The Morgan fingerprint density at radius 1 is 1.33 bits per heavy atom. The van der Waals surface area contributed by atoms with Gasteiger partial charge in [0, 0.05) is 32.7 Å². The molecular formula is C13H21N7O. The fourth-order valence-electron chi connectivity index (χ4n) is 2.64. The lowest BCUT2D eigenvalue weighted by Gasteiger charge is -2.36. The summed E-state index contributed by atoms with van der Waals surface area (Å²) in [6.07, 6.45) is 0. The van der Waals surface area contributed by atoms with Gasteiger partial charge in [0.05, 0.1) is 0 Å². The van der Waals surface area contributed by atoms with Gasteiger partial charge in [-0.15, -0.1) is 5.10 Å². The van der Waals surface area contributed by atoms with Gasteiger partial charge in [0.15, 0.2) is 5.65 Å². The van der Waals surface area contributed by atoms with Crippen LogP contribution < -0.4 is 16.3 Å². The lowest BCUT2D eigenvalue weighted by Crippen LogP contribution is -2.48. The molecule has 0 radical (unpaired) electrons. The van der Waals surface area contributed by atoms with E-state index in [4.69, 9.17) is 5.73 Å². The average molecular weight is 291 g/mol. The minimum atomic E-state index is -0.303. The highest BCUT2D eigenvalue weighted by molar-refractivity contribution is 5.45. The van der Waals surface area contributed by atoms with Gasteiger partial charge < -0.3 is 10.6 Å². The zero-order valence-electron chi connectivity index (χ0n) is 12.2. The summed E-state index contributed by atoms with van der Waals surface area (Å²) in [4.78, 5) is 16.2. The van der Waals surface area contributed by atoms with Crippen LogP contribution in [-0.2, 0) is 0 Å². The van der Waals surface area contributed by atoms with Gasteiger partial charge in [0.2, 0.25) is 0 Å². The summed E-state index contributed by atoms with van der Waals surface area (Å²) in [7, 11) is 0. The van der Waals surface area contributed by atoms with E-state index >= 15 is 0 Å². The van der Waals surface area contributed by atoms with Gasteiger partial charge in [0.25, 0.3) is 0 Å². The van der Waals surface area contributed by atoms with Gasteiger partial charge in [-0.3, -0.25) is 4.90 Å². The molecule has 2 aromatic rings. The second-order valence-electron chi connectivity index (χ2n) is 5.62. The molecule has 3 heterocycles. The molecule has 1 atom stereocenters. The normalized spacial score (nSPS) is 18.3. The standard InChI is InChI=1S/C13H21N7O/c1-10(8-14)9-18-4-6-19(7-5-18)12-3-2-11-15-16-13(21)20(11)17-12/h2-3,10H,4-9,14H2,1H3,(H,16,21). The van der Waals surface area contributed by atoms with Crippen molar-refractivity contribution in [2.75, 3.05) is 44.2 Å². The molecule has 8 nitrogen and oxygen atoms in total. The number of H-pyrrole nitrogens is 1. The third-order valence-corrected chi connectivity index (χ3v) is 3.93. The summed E-state index contributed by atoms with van der Waals surface area (Å²) >= 11 is 0. The maximum Gasteiger partial charge on any atom is 0.364 e. The molecule has 3 N–H and O–H groups in total. The van der Waals surface area contributed by atoms with E-state index in [1.54, 1.807) is 0 Å². The highest BCUT2D eigenvalue weighted by Gasteiger charge is 2.19. The Kier molecular flexibility index (Phi) is 3.89. The van der Waals surface area contributed by atoms with Crippen molar-refractivity contribution >= 4 is 11.5 Å². The van der Waals surface area contributed by atoms with Crippen LogP contribution in [0.5, 0.6) is 0 Å². The van der Waals surface area contributed by atoms with Crippen molar-refractivity contribution in [2.45, 2.75) is 6.92 Å². The first kappa shape index (κ1) is 14.0. The van der Waals surface area contributed by atoms with E-state index in [9.17, 15) is 4.79 Å². The molecule has 114 valence electrons. The molecule has 1 aliphatic rings. The predicted molar refractivity (Wildman–Crippen MR) is 80.5 cm³/mol. The number of anilines is 1. The number of hydrogen-bond donors (Lipinski definition) is 2. The minimum Gasteiger partial charge on any atom is -0.353 e. The summed E-state index contributed by atoms with van der Waals surface area (Å²) in [6.45, 7) is 7.73. The van der Waals surface area contributed by atoms with Gasteiger partial charge in [0.1, 0.15) is 5.82 Å². The summed E-state index contributed by atoms with van der Waals surface area (Å²) in [6, 6.07) is 3.72. The van der Waals surface area contributed by atoms with E-state index in [2.05, 4.69) is 32.0 Å². The van der Waals surface area contributed by atoms with Crippen molar-refractivity contribution in [1.82, 2.24) is 24.7 Å². The molecule has 0 spiro atoms. The number of fused-ring (bicyclic) bond motifs is 1. The molecule has 1 saturated heterocycles. The summed E-state index contributed by atoms with van der Waals surface area (Å²) < 4.78 is 1.30. The van der Waals surface area contributed by atoms with E-state index < -0.39 is 0 Å². The molecule has 8 heteroatoms. The first-order valence-corrected chi connectivity index (χ1v) is 7.29. The zero-order valence-corrected chi connectivity index (χ0v) is 12.2. The zero-order chi connectivity index (χ0) is 14.8. The van der Waals surface area contributed by atoms with E-state index in [1.165, 1.54) is 4.52 Å². The monoisotopic (exact) mass is 291 g/mol. The van der Waals surface area contributed by atoms with Crippen LogP contribution in [-0.4, -0.2) is 64.0 Å². The number of aromatic amines is 1. The van der Waals surface area contributed by atoms with Crippen LogP contribution in [0.1, 0.15) is 6.92 Å². The summed E-state index contributed by atoms with van der Waals surface area (Å²) in [5, 5.41) is 10.6. The van der Waals surface area contributed by atoms with E-state index in [0.29, 0.717) is 11.6 Å². The van der Waals surface area contributed by atoms with Gasteiger partial charge in [-0.1, -0.05) is 6.92 Å². The summed E-state index contributed by atoms with van der Waals surface area (Å²) in [5.41, 5.74) is 5.91. The maximum absolute atomic E-state index is 11.6. The number of nitrogens with one attached hydrogen (secondary N) is 1. The molecule has 0 bridgehead atoms. The molecule has 3 rings (SSSR count). The van der Waals surface area contributed by atoms with Gasteiger partial charge in [-0.2, -0.15) is 9.61 Å². The SMILES string of the molecule is CC(CN)CN1CCN(c2ccc3n[nH]c(=O)n3n2)CC1. The number of hydrogen-bond acceptors (Lipinski definition) is 6. The number of nitrogens with two attached hydrogens (primary N) is 1. The molecule has 0 aliphatic carbocycles. The fourth-order valence-corrected chi connectivity index (χ4v) is 2.64. The topological polar surface area (TPSA) is 95.5 Å². The third-order valence-electron chi connectivity index (χ3n) is 3.93. The van der Waals surface area contributed by atoms with Crippen LogP contribution in [0.15, 0.2) is 16.9 Å². The van der Waals surface area contributed by atoms with Crippen LogP contribution in [0.2, 0.25) is 0 Å². The van der Waals surface area contributed by atoms with Crippen LogP contribution in [0.3, 0.4) is 0 Å². The second kappa shape index (κ2) is 5.82. The number of nitrogens with zero attached hydrogens (tertiary/aromatic N) is 5. The molecule has 0 aromatic carbocycles. The lowest BCUT2D eigenvalue weighted by molar-refractivity contribution is 0.226. The molecule has 1 unspecified atom stereocenters. The van der Waals surface area contributed by atoms with Crippen LogP contribution in [0, 0.1) is 5.92 Å². The Labute approximate surface area is 122 Å². The minimum absolute atomic E-state index is 0.303. The van der Waals surface area contributed by atoms with Crippen LogP contribution in [0.25, 0.3) is 5.65 Å². The van der Waals surface area contributed by atoms with Crippen molar-refractivity contribution in [3.63, 3.8) is 0 Å². The Morgan fingerprint density at radius 2 is 2.10 bits per heavy atom. The van der Waals surface area contributed by atoms with Crippen molar-refractivity contribution in [3.05, 3.63) is 22.6 Å². The van der Waals surface area contributed by atoms with Crippen molar-refractivity contribution in [3.8, 4) is 0 Å².